The number of hydrogen-bond donors (Lipinski definition) is 0. The molecule has 88 valence electrons. The zero-order valence-electron chi connectivity index (χ0n) is 9.87. The van der Waals surface area contributed by atoms with Crippen molar-refractivity contribution in [1.29, 1.82) is 0 Å². The topological polar surface area (TPSA) is 47.3 Å². The zero-order chi connectivity index (χ0) is 12.5. The van der Waals surface area contributed by atoms with Gasteiger partial charge in [-0.1, -0.05) is 30.3 Å². The van der Waals surface area contributed by atoms with E-state index in [9.17, 15) is 4.79 Å². The Hall–Kier alpha value is -2.49. The maximum atomic E-state index is 11.5. The number of ketones is 1. The molecule has 0 atom stereocenters. The molecule has 3 aromatic rings. The first-order valence-corrected chi connectivity index (χ1v) is 5.67. The summed E-state index contributed by atoms with van der Waals surface area (Å²) in [7, 11) is 0. The van der Waals surface area contributed by atoms with Gasteiger partial charge in [-0.25, -0.2) is 9.50 Å². The molecule has 3 rings (SSSR count). The number of benzene rings is 1. The third-order valence-corrected chi connectivity index (χ3v) is 2.79. The van der Waals surface area contributed by atoms with Crippen LogP contribution in [0.15, 0.2) is 48.7 Å². The van der Waals surface area contributed by atoms with Crippen molar-refractivity contribution in [2.24, 2.45) is 0 Å². The van der Waals surface area contributed by atoms with E-state index in [0.29, 0.717) is 11.3 Å². The number of fused-ring (bicyclic) bond motifs is 1. The molecule has 0 spiro atoms. The first-order valence-electron chi connectivity index (χ1n) is 5.67. The predicted octanol–water partition coefficient (Wildman–Crippen LogP) is 2.60. The van der Waals surface area contributed by atoms with E-state index in [0.717, 1.165) is 11.3 Å². The van der Waals surface area contributed by atoms with Crippen molar-refractivity contribution < 1.29 is 4.79 Å². The van der Waals surface area contributed by atoms with Gasteiger partial charge in [-0.2, -0.15) is 5.10 Å². The number of carbonyl (C=O) groups is 1. The first-order chi connectivity index (χ1) is 8.75. The quantitative estimate of drug-likeness (QED) is 0.643. The molecule has 0 N–H and O–H groups in total. The van der Waals surface area contributed by atoms with Crippen LogP contribution in [-0.4, -0.2) is 20.4 Å². The molecular formula is C14H11N3O. The average Bonchev–Trinajstić information content (AvgIpc) is 2.82. The molecule has 0 aliphatic rings. The third kappa shape index (κ3) is 1.68. The number of carbonyl (C=O) groups excluding carboxylic acids is 1. The fourth-order valence-corrected chi connectivity index (χ4v) is 1.88. The molecule has 0 radical (unpaired) electrons. The molecule has 0 saturated heterocycles. The zero-order valence-corrected chi connectivity index (χ0v) is 9.87. The number of nitrogens with zero attached hydrogens (tertiary/aromatic N) is 3. The summed E-state index contributed by atoms with van der Waals surface area (Å²) in [4.78, 5) is 15.6. The lowest BCUT2D eigenvalue weighted by Gasteiger charge is -2.02. The van der Waals surface area contributed by atoms with Gasteiger partial charge in [0.15, 0.2) is 11.4 Å². The van der Waals surface area contributed by atoms with Crippen molar-refractivity contribution in [2.75, 3.05) is 0 Å². The molecule has 4 heteroatoms. The lowest BCUT2D eigenvalue weighted by atomic mass is 10.1. The largest absolute Gasteiger partial charge is 0.293 e. The van der Waals surface area contributed by atoms with Crippen molar-refractivity contribution in [1.82, 2.24) is 14.6 Å². The second-order valence-corrected chi connectivity index (χ2v) is 4.05. The number of rotatable bonds is 2. The normalized spacial score (nSPS) is 10.7. The smallest absolute Gasteiger partial charge is 0.179 e. The summed E-state index contributed by atoms with van der Waals surface area (Å²) < 4.78 is 1.59. The van der Waals surface area contributed by atoms with Crippen LogP contribution >= 0.6 is 0 Å². The van der Waals surface area contributed by atoms with Gasteiger partial charge in [0, 0.05) is 12.5 Å². The maximum absolute atomic E-state index is 11.5. The average molecular weight is 237 g/mol. The molecule has 0 unspecified atom stereocenters. The van der Waals surface area contributed by atoms with Gasteiger partial charge in [-0.05, 0) is 12.1 Å². The standard InChI is InChI=1S/C14H11N3O/c1-10(18)13-9-15-14-8-7-12(16-17(13)14)11-5-3-2-4-6-11/h2-9H,1H3. The Morgan fingerprint density at radius 3 is 2.61 bits per heavy atom. The van der Waals surface area contributed by atoms with Crippen LogP contribution in [0.1, 0.15) is 17.4 Å². The van der Waals surface area contributed by atoms with Gasteiger partial charge in [0.2, 0.25) is 0 Å². The van der Waals surface area contributed by atoms with E-state index in [1.807, 2.05) is 42.5 Å². The Morgan fingerprint density at radius 2 is 1.89 bits per heavy atom. The minimum Gasteiger partial charge on any atom is -0.293 e. The van der Waals surface area contributed by atoms with Crippen LogP contribution < -0.4 is 0 Å². The highest BCUT2D eigenvalue weighted by molar-refractivity contribution is 5.92. The minimum atomic E-state index is -0.0415. The summed E-state index contributed by atoms with van der Waals surface area (Å²) in [5.41, 5.74) is 3.02. The molecule has 4 nitrogen and oxygen atoms in total. The van der Waals surface area contributed by atoms with Gasteiger partial charge >= 0.3 is 0 Å². The van der Waals surface area contributed by atoms with Crippen molar-refractivity contribution in [3.63, 3.8) is 0 Å². The molecule has 2 aromatic heterocycles. The van der Waals surface area contributed by atoms with Crippen LogP contribution in [0.2, 0.25) is 0 Å². The molecule has 0 amide bonds. The number of hydrogen-bond acceptors (Lipinski definition) is 3. The molecule has 0 aliphatic heterocycles. The summed E-state index contributed by atoms with van der Waals surface area (Å²) >= 11 is 0. The van der Waals surface area contributed by atoms with Gasteiger partial charge in [0.25, 0.3) is 0 Å². The van der Waals surface area contributed by atoms with Crippen LogP contribution in [0.5, 0.6) is 0 Å². The first kappa shape index (κ1) is 10.7. The van der Waals surface area contributed by atoms with Gasteiger partial charge in [-0.15, -0.1) is 0 Å². The Morgan fingerprint density at radius 1 is 1.11 bits per heavy atom. The third-order valence-electron chi connectivity index (χ3n) is 2.79. The van der Waals surface area contributed by atoms with E-state index in [1.54, 1.807) is 10.7 Å². The Bertz CT molecular complexity index is 716. The van der Waals surface area contributed by atoms with Crippen LogP contribution in [0.4, 0.5) is 0 Å². The molecule has 0 fully saturated rings. The Balaban J connectivity index is 2.21. The summed E-state index contributed by atoms with van der Waals surface area (Å²) in [6.45, 7) is 1.51. The van der Waals surface area contributed by atoms with Crippen molar-refractivity contribution in [2.45, 2.75) is 6.92 Å². The molecule has 18 heavy (non-hydrogen) atoms. The summed E-state index contributed by atoms with van der Waals surface area (Å²) in [6.07, 6.45) is 1.56. The monoisotopic (exact) mass is 237 g/mol. The molecule has 0 aliphatic carbocycles. The number of aromatic nitrogens is 3. The van der Waals surface area contributed by atoms with E-state index >= 15 is 0 Å². The minimum absolute atomic E-state index is 0.0415. The number of imidazole rings is 1. The molecule has 2 heterocycles. The highest BCUT2D eigenvalue weighted by atomic mass is 16.1. The fourth-order valence-electron chi connectivity index (χ4n) is 1.88. The van der Waals surface area contributed by atoms with Gasteiger partial charge < -0.3 is 0 Å². The second-order valence-electron chi connectivity index (χ2n) is 4.05. The highest BCUT2D eigenvalue weighted by Gasteiger charge is 2.09. The van der Waals surface area contributed by atoms with E-state index < -0.39 is 0 Å². The van der Waals surface area contributed by atoms with E-state index in [4.69, 9.17) is 0 Å². The van der Waals surface area contributed by atoms with Crippen molar-refractivity contribution >= 4 is 11.4 Å². The van der Waals surface area contributed by atoms with Crippen molar-refractivity contribution in [3.05, 3.63) is 54.4 Å². The molecule has 0 saturated carbocycles. The fraction of sp³-hybridized carbons (Fsp3) is 0.0714. The van der Waals surface area contributed by atoms with Crippen LogP contribution in [0.3, 0.4) is 0 Å². The molecule has 0 bridgehead atoms. The van der Waals surface area contributed by atoms with Crippen LogP contribution in [0.25, 0.3) is 16.9 Å². The maximum Gasteiger partial charge on any atom is 0.179 e. The summed E-state index contributed by atoms with van der Waals surface area (Å²) in [5, 5.41) is 4.46. The second kappa shape index (κ2) is 4.07. The molecule has 1 aromatic carbocycles. The highest BCUT2D eigenvalue weighted by Crippen LogP contribution is 2.17. The van der Waals surface area contributed by atoms with Gasteiger partial charge in [0.05, 0.1) is 11.9 Å². The Kier molecular flexibility index (Phi) is 2.41. The van der Waals surface area contributed by atoms with E-state index in [2.05, 4.69) is 10.1 Å². The SMILES string of the molecule is CC(=O)c1cnc2ccc(-c3ccccc3)nn12. The summed E-state index contributed by atoms with van der Waals surface area (Å²) in [6, 6.07) is 13.6. The Labute approximate surface area is 104 Å². The van der Waals surface area contributed by atoms with Gasteiger partial charge in [-0.3, -0.25) is 4.79 Å². The van der Waals surface area contributed by atoms with Gasteiger partial charge in [0.1, 0.15) is 5.69 Å². The summed E-state index contributed by atoms with van der Waals surface area (Å²) in [5.74, 6) is -0.0415. The van der Waals surface area contributed by atoms with E-state index in [-0.39, 0.29) is 5.78 Å². The lowest BCUT2D eigenvalue weighted by molar-refractivity contribution is 0.101. The molecular weight excluding hydrogens is 226 g/mol. The lowest BCUT2D eigenvalue weighted by Crippen LogP contribution is -2.02. The van der Waals surface area contributed by atoms with E-state index in [1.165, 1.54) is 6.92 Å². The van der Waals surface area contributed by atoms with Crippen LogP contribution in [-0.2, 0) is 0 Å². The van der Waals surface area contributed by atoms with Crippen molar-refractivity contribution in [3.8, 4) is 11.3 Å². The number of Topliss-reactive ketones (excluding diaryl/α,β-unsaturated/α-hetero) is 1. The predicted molar refractivity (Wildman–Crippen MR) is 68.4 cm³/mol. The van der Waals surface area contributed by atoms with Crippen LogP contribution in [0, 0.1) is 0 Å².